The van der Waals surface area contributed by atoms with Crippen LogP contribution in [0.25, 0.3) is 0 Å². The number of aliphatic hydroxyl groups excluding tert-OH is 1. The van der Waals surface area contributed by atoms with E-state index in [1.165, 1.54) is 12.8 Å². The van der Waals surface area contributed by atoms with E-state index in [0.717, 1.165) is 12.3 Å². The fourth-order valence-electron chi connectivity index (χ4n) is 2.15. The van der Waals surface area contributed by atoms with Gasteiger partial charge < -0.3 is 5.11 Å². The quantitative estimate of drug-likeness (QED) is 0.686. The first kappa shape index (κ1) is 12.5. The van der Waals surface area contributed by atoms with Gasteiger partial charge in [0, 0.05) is 0 Å². The molecule has 1 aliphatic carbocycles. The minimum atomic E-state index is -0.0289. The summed E-state index contributed by atoms with van der Waals surface area (Å²) in [5.74, 6) is 1.95. The van der Waals surface area contributed by atoms with E-state index in [0.29, 0.717) is 11.8 Å². The van der Waals surface area contributed by atoms with Crippen molar-refractivity contribution in [3.8, 4) is 0 Å². The second-order valence-corrected chi connectivity index (χ2v) is 4.39. The molecule has 0 heterocycles. The number of rotatable bonds is 1. The summed E-state index contributed by atoms with van der Waals surface area (Å²) in [4.78, 5) is 0. The average Bonchev–Trinajstić information content (AvgIpc) is 1.85. The molecule has 0 bridgehead atoms. The van der Waals surface area contributed by atoms with Crippen molar-refractivity contribution in [1.29, 1.82) is 0 Å². The van der Waals surface area contributed by atoms with Crippen LogP contribution in [-0.4, -0.2) is 28.3 Å². The fraction of sp³-hybridized carbons (Fsp3) is 1.00. The van der Waals surface area contributed by atoms with E-state index in [9.17, 15) is 5.11 Å². The molecule has 1 rings (SSSR count). The van der Waals surface area contributed by atoms with E-state index in [1.54, 1.807) is 0 Å². The fourth-order valence-corrected chi connectivity index (χ4v) is 2.15. The van der Waals surface area contributed by atoms with E-state index < -0.39 is 0 Å². The summed E-state index contributed by atoms with van der Waals surface area (Å²) in [6, 6.07) is 0. The SMILES string of the molecule is CC1CCC(C(C)C)C(O)C1.[SeH2]. The standard InChI is InChI=1S/C10H20O.H2Se/c1-7(2)9-5-4-8(3)6-10(9)11;/h7-11H,4-6H2,1-3H3;1H2. The molecular formula is C10H22OSe. The molecule has 0 saturated heterocycles. The predicted molar refractivity (Wildman–Crippen MR) is 55.9 cm³/mol. The zero-order valence-corrected chi connectivity index (χ0v) is 10.5. The van der Waals surface area contributed by atoms with Crippen LogP contribution in [0, 0.1) is 17.8 Å². The van der Waals surface area contributed by atoms with Crippen molar-refractivity contribution in [2.75, 3.05) is 0 Å². The van der Waals surface area contributed by atoms with E-state index in [1.807, 2.05) is 0 Å². The molecule has 3 atom stereocenters. The molecule has 12 heavy (non-hydrogen) atoms. The van der Waals surface area contributed by atoms with Crippen LogP contribution in [0.4, 0.5) is 0 Å². The van der Waals surface area contributed by atoms with E-state index >= 15 is 0 Å². The molecule has 1 fully saturated rings. The molecule has 1 N–H and O–H groups in total. The third kappa shape index (κ3) is 3.08. The third-order valence-electron chi connectivity index (χ3n) is 2.99. The minimum absolute atomic E-state index is 0. The zero-order chi connectivity index (χ0) is 8.43. The maximum atomic E-state index is 9.71. The van der Waals surface area contributed by atoms with Gasteiger partial charge in [-0.05, 0) is 30.6 Å². The Morgan fingerprint density at radius 3 is 2.25 bits per heavy atom. The van der Waals surface area contributed by atoms with E-state index in [2.05, 4.69) is 20.8 Å². The number of hydrogen-bond acceptors (Lipinski definition) is 1. The molecule has 1 aliphatic rings. The molecule has 1 saturated carbocycles. The Bertz CT molecular complexity index is 125. The van der Waals surface area contributed by atoms with Crippen LogP contribution in [-0.2, 0) is 0 Å². The molecule has 1 nitrogen and oxygen atoms in total. The summed E-state index contributed by atoms with van der Waals surface area (Å²) >= 11 is 0. The van der Waals surface area contributed by atoms with E-state index in [4.69, 9.17) is 0 Å². The van der Waals surface area contributed by atoms with Gasteiger partial charge in [0.15, 0.2) is 0 Å². The molecule has 3 unspecified atom stereocenters. The Labute approximate surface area is 86.4 Å². The Morgan fingerprint density at radius 1 is 1.25 bits per heavy atom. The van der Waals surface area contributed by atoms with Crippen molar-refractivity contribution >= 4 is 17.1 Å². The van der Waals surface area contributed by atoms with Crippen LogP contribution < -0.4 is 0 Å². The first-order valence-corrected chi connectivity index (χ1v) is 4.79. The molecule has 0 aliphatic heterocycles. The Balaban J connectivity index is 0.00000121. The van der Waals surface area contributed by atoms with Crippen LogP contribution in [0.3, 0.4) is 0 Å². The van der Waals surface area contributed by atoms with Gasteiger partial charge in [-0.15, -0.1) is 0 Å². The topological polar surface area (TPSA) is 20.2 Å². The molecule has 0 aromatic heterocycles. The van der Waals surface area contributed by atoms with Gasteiger partial charge in [0.25, 0.3) is 0 Å². The van der Waals surface area contributed by atoms with Gasteiger partial charge in [-0.25, -0.2) is 0 Å². The normalized spacial score (nSPS) is 36.2. The van der Waals surface area contributed by atoms with E-state index in [-0.39, 0.29) is 23.2 Å². The van der Waals surface area contributed by atoms with Crippen LogP contribution >= 0.6 is 0 Å². The van der Waals surface area contributed by atoms with Crippen LogP contribution in [0.5, 0.6) is 0 Å². The van der Waals surface area contributed by atoms with Gasteiger partial charge in [0.1, 0.15) is 0 Å². The summed E-state index contributed by atoms with van der Waals surface area (Å²) < 4.78 is 0. The monoisotopic (exact) mass is 238 g/mol. The summed E-state index contributed by atoms with van der Waals surface area (Å²) in [5.41, 5.74) is 0. The maximum absolute atomic E-state index is 9.71. The molecule has 74 valence electrons. The number of aliphatic hydroxyl groups is 1. The van der Waals surface area contributed by atoms with Crippen LogP contribution in [0.2, 0.25) is 0 Å². The molecule has 0 aromatic carbocycles. The van der Waals surface area contributed by atoms with Crippen molar-refractivity contribution in [3.63, 3.8) is 0 Å². The van der Waals surface area contributed by atoms with Gasteiger partial charge in [-0.2, -0.15) is 0 Å². The van der Waals surface area contributed by atoms with Crippen molar-refractivity contribution in [3.05, 3.63) is 0 Å². The Hall–Kier alpha value is 0.479. The molecule has 0 spiro atoms. The summed E-state index contributed by atoms with van der Waals surface area (Å²) in [6.07, 6.45) is 3.52. The van der Waals surface area contributed by atoms with Crippen molar-refractivity contribution in [2.45, 2.75) is 46.1 Å². The average molecular weight is 237 g/mol. The Kier molecular flexibility index (Phi) is 5.47. The molecule has 2 heteroatoms. The molecule has 0 radical (unpaired) electrons. The third-order valence-corrected chi connectivity index (χ3v) is 2.99. The second kappa shape index (κ2) is 5.26. The van der Waals surface area contributed by atoms with Crippen LogP contribution in [0.1, 0.15) is 40.0 Å². The zero-order valence-electron chi connectivity index (χ0n) is 8.38. The van der Waals surface area contributed by atoms with Crippen molar-refractivity contribution < 1.29 is 5.11 Å². The summed E-state index contributed by atoms with van der Waals surface area (Å²) in [6.45, 7) is 6.66. The van der Waals surface area contributed by atoms with Crippen molar-refractivity contribution in [2.24, 2.45) is 17.8 Å². The summed E-state index contributed by atoms with van der Waals surface area (Å²) in [5, 5.41) is 9.71. The molecular weight excluding hydrogens is 215 g/mol. The first-order valence-electron chi connectivity index (χ1n) is 4.79. The first-order chi connectivity index (χ1) is 5.11. The van der Waals surface area contributed by atoms with Crippen LogP contribution in [0.15, 0.2) is 0 Å². The molecule has 0 aromatic rings. The van der Waals surface area contributed by atoms with Crippen molar-refractivity contribution in [1.82, 2.24) is 0 Å². The second-order valence-electron chi connectivity index (χ2n) is 4.39. The van der Waals surface area contributed by atoms with Gasteiger partial charge in [-0.1, -0.05) is 27.2 Å². The van der Waals surface area contributed by atoms with Gasteiger partial charge >= 0.3 is 17.1 Å². The molecule has 0 amide bonds. The summed E-state index contributed by atoms with van der Waals surface area (Å²) in [7, 11) is 0. The Morgan fingerprint density at radius 2 is 1.83 bits per heavy atom. The predicted octanol–water partition coefficient (Wildman–Crippen LogP) is 1.52. The van der Waals surface area contributed by atoms with Gasteiger partial charge in [0.2, 0.25) is 0 Å². The van der Waals surface area contributed by atoms with Gasteiger partial charge in [0.05, 0.1) is 6.10 Å². The van der Waals surface area contributed by atoms with Gasteiger partial charge in [-0.3, -0.25) is 0 Å². The number of hydrogen-bond donors (Lipinski definition) is 1.